The van der Waals surface area contributed by atoms with Crippen LogP contribution >= 0.6 is 0 Å². The highest BCUT2D eigenvalue weighted by Gasteiger charge is 2.07. The van der Waals surface area contributed by atoms with Gasteiger partial charge in [0.1, 0.15) is 5.75 Å². The predicted molar refractivity (Wildman–Crippen MR) is 70.7 cm³/mol. The highest BCUT2D eigenvalue weighted by Crippen LogP contribution is 2.25. The van der Waals surface area contributed by atoms with Crippen molar-refractivity contribution in [2.45, 2.75) is 33.3 Å². The quantitative estimate of drug-likeness (QED) is 0.742. The number of hydrogen-bond acceptors (Lipinski definition) is 3. The molecule has 3 nitrogen and oxygen atoms in total. The van der Waals surface area contributed by atoms with Crippen LogP contribution in [0, 0.1) is 13.8 Å². The first-order chi connectivity index (χ1) is 8.04. The van der Waals surface area contributed by atoms with E-state index in [-0.39, 0.29) is 6.10 Å². The van der Waals surface area contributed by atoms with Crippen LogP contribution in [0.5, 0.6) is 5.75 Å². The first-order valence-corrected chi connectivity index (χ1v) is 6.07. The predicted octanol–water partition coefficient (Wildman–Crippen LogP) is 1.82. The van der Waals surface area contributed by atoms with Gasteiger partial charge in [0.15, 0.2) is 0 Å². The summed E-state index contributed by atoms with van der Waals surface area (Å²) in [6.07, 6.45) is 0.620. The summed E-state index contributed by atoms with van der Waals surface area (Å²) in [4.78, 5) is 0. The van der Waals surface area contributed by atoms with Gasteiger partial charge in [0.2, 0.25) is 0 Å². The van der Waals surface area contributed by atoms with E-state index in [9.17, 15) is 0 Å². The number of aliphatic hydroxyl groups excluding tert-OH is 1. The maximum atomic E-state index is 9.15. The number of aliphatic hydroxyl groups is 1. The van der Waals surface area contributed by atoms with Crippen molar-refractivity contribution in [3.05, 3.63) is 28.8 Å². The van der Waals surface area contributed by atoms with Crippen LogP contribution in [-0.4, -0.2) is 31.4 Å². The fourth-order valence-corrected chi connectivity index (χ4v) is 2.05. The van der Waals surface area contributed by atoms with Crippen LogP contribution in [-0.2, 0) is 6.42 Å². The van der Waals surface area contributed by atoms with Gasteiger partial charge in [-0.15, -0.1) is 0 Å². The Morgan fingerprint density at radius 1 is 1.35 bits per heavy atom. The number of ether oxygens (including phenoxy) is 1. The lowest BCUT2D eigenvalue weighted by Crippen LogP contribution is -2.26. The highest BCUT2D eigenvalue weighted by atomic mass is 16.5. The molecule has 96 valence electrons. The molecule has 0 aromatic heterocycles. The fraction of sp³-hybridized carbons (Fsp3) is 0.571. The third-order valence-electron chi connectivity index (χ3n) is 2.71. The minimum absolute atomic E-state index is 0.295. The molecule has 1 rings (SSSR count). The van der Waals surface area contributed by atoms with E-state index in [0.29, 0.717) is 6.54 Å². The number of methoxy groups -OCH3 is 1. The van der Waals surface area contributed by atoms with Crippen molar-refractivity contribution in [2.75, 3.05) is 20.2 Å². The first-order valence-electron chi connectivity index (χ1n) is 6.07. The molecule has 1 atom stereocenters. The molecule has 0 spiro atoms. The van der Waals surface area contributed by atoms with Crippen LogP contribution < -0.4 is 10.1 Å². The van der Waals surface area contributed by atoms with Crippen molar-refractivity contribution in [2.24, 2.45) is 0 Å². The summed E-state index contributed by atoms with van der Waals surface area (Å²) in [6, 6.07) is 4.29. The normalized spacial score (nSPS) is 12.5. The maximum Gasteiger partial charge on any atom is 0.125 e. The lowest BCUT2D eigenvalue weighted by molar-refractivity contribution is 0.191. The van der Waals surface area contributed by atoms with Crippen LogP contribution in [0.3, 0.4) is 0 Å². The number of nitrogens with one attached hydrogen (secondary N) is 1. The Morgan fingerprint density at radius 3 is 2.65 bits per heavy atom. The van der Waals surface area contributed by atoms with Crippen LogP contribution in [0.15, 0.2) is 12.1 Å². The maximum absolute atomic E-state index is 9.15. The lowest BCUT2D eigenvalue weighted by atomic mass is 10.0. The molecule has 17 heavy (non-hydrogen) atoms. The van der Waals surface area contributed by atoms with Crippen LogP contribution in [0.4, 0.5) is 0 Å². The van der Waals surface area contributed by atoms with E-state index in [1.165, 1.54) is 16.7 Å². The highest BCUT2D eigenvalue weighted by molar-refractivity contribution is 5.43. The Kier molecular flexibility index (Phi) is 5.45. The molecule has 3 heteroatoms. The average Bonchev–Trinajstić information content (AvgIpc) is 2.23. The summed E-state index contributed by atoms with van der Waals surface area (Å²) in [7, 11) is 1.71. The second-order valence-corrected chi connectivity index (χ2v) is 4.58. The van der Waals surface area contributed by atoms with E-state index >= 15 is 0 Å². The molecule has 1 aromatic rings. The van der Waals surface area contributed by atoms with Crippen molar-refractivity contribution < 1.29 is 9.84 Å². The number of benzene rings is 1. The minimum Gasteiger partial charge on any atom is -0.496 e. The number of hydrogen-bond donors (Lipinski definition) is 2. The number of aryl methyl sites for hydroxylation is 2. The second kappa shape index (κ2) is 6.62. The molecule has 0 radical (unpaired) electrons. The van der Waals surface area contributed by atoms with Gasteiger partial charge in [-0.05, 0) is 44.9 Å². The smallest absolute Gasteiger partial charge is 0.125 e. The minimum atomic E-state index is -0.295. The summed E-state index contributed by atoms with van der Waals surface area (Å²) in [6.45, 7) is 7.43. The lowest BCUT2D eigenvalue weighted by Gasteiger charge is -2.13. The van der Waals surface area contributed by atoms with Crippen molar-refractivity contribution in [1.82, 2.24) is 5.32 Å². The van der Waals surface area contributed by atoms with Crippen molar-refractivity contribution in [3.63, 3.8) is 0 Å². The Balaban J connectivity index is 2.63. The van der Waals surface area contributed by atoms with Crippen molar-refractivity contribution in [1.29, 1.82) is 0 Å². The van der Waals surface area contributed by atoms with E-state index in [2.05, 4.69) is 31.3 Å². The molecular weight excluding hydrogens is 214 g/mol. The molecule has 0 aliphatic carbocycles. The Hall–Kier alpha value is -1.06. The fourth-order valence-electron chi connectivity index (χ4n) is 2.05. The summed E-state index contributed by atoms with van der Waals surface area (Å²) in [5.41, 5.74) is 3.66. The van der Waals surface area contributed by atoms with E-state index < -0.39 is 0 Å². The Bertz CT molecular complexity index is 361. The molecule has 0 fully saturated rings. The van der Waals surface area contributed by atoms with E-state index in [1.54, 1.807) is 14.0 Å². The van der Waals surface area contributed by atoms with Crippen LogP contribution in [0.2, 0.25) is 0 Å². The molecule has 0 amide bonds. The molecule has 0 heterocycles. The standard InChI is InChI=1S/C14H23NO2/c1-10-7-11(2)14(17-4)13(8-10)5-6-15-9-12(3)16/h7-8,12,15-16H,5-6,9H2,1-4H3. The number of rotatable bonds is 6. The average molecular weight is 237 g/mol. The molecule has 0 aliphatic rings. The molecule has 0 saturated heterocycles. The molecule has 0 saturated carbocycles. The SMILES string of the molecule is COc1c(C)cc(C)cc1CCNCC(C)O. The second-order valence-electron chi connectivity index (χ2n) is 4.58. The van der Waals surface area contributed by atoms with E-state index in [0.717, 1.165) is 18.7 Å². The topological polar surface area (TPSA) is 41.5 Å². The van der Waals surface area contributed by atoms with E-state index in [4.69, 9.17) is 9.84 Å². The third kappa shape index (κ3) is 4.36. The zero-order valence-corrected chi connectivity index (χ0v) is 11.2. The molecule has 1 unspecified atom stereocenters. The zero-order chi connectivity index (χ0) is 12.8. The first kappa shape index (κ1) is 14.0. The monoisotopic (exact) mass is 237 g/mol. The summed E-state index contributed by atoms with van der Waals surface area (Å²) in [5, 5.41) is 12.4. The van der Waals surface area contributed by atoms with Gasteiger partial charge in [0.05, 0.1) is 13.2 Å². The van der Waals surface area contributed by atoms with Crippen LogP contribution in [0.25, 0.3) is 0 Å². The van der Waals surface area contributed by atoms with Crippen molar-refractivity contribution in [3.8, 4) is 5.75 Å². The molecule has 0 bridgehead atoms. The third-order valence-corrected chi connectivity index (χ3v) is 2.71. The van der Waals surface area contributed by atoms with Gasteiger partial charge in [-0.25, -0.2) is 0 Å². The summed E-state index contributed by atoms with van der Waals surface area (Å²) >= 11 is 0. The van der Waals surface area contributed by atoms with Gasteiger partial charge in [-0.3, -0.25) is 0 Å². The van der Waals surface area contributed by atoms with Gasteiger partial charge in [-0.1, -0.05) is 17.7 Å². The van der Waals surface area contributed by atoms with Gasteiger partial charge in [0, 0.05) is 6.54 Å². The van der Waals surface area contributed by atoms with Gasteiger partial charge >= 0.3 is 0 Å². The molecule has 1 aromatic carbocycles. The molecule has 0 aliphatic heterocycles. The zero-order valence-electron chi connectivity index (χ0n) is 11.2. The van der Waals surface area contributed by atoms with Gasteiger partial charge in [-0.2, -0.15) is 0 Å². The van der Waals surface area contributed by atoms with E-state index in [1.807, 2.05) is 0 Å². The summed E-state index contributed by atoms with van der Waals surface area (Å²) < 4.78 is 5.43. The largest absolute Gasteiger partial charge is 0.496 e. The van der Waals surface area contributed by atoms with Crippen LogP contribution in [0.1, 0.15) is 23.6 Å². The van der Waals surface area contributed by atoms with Gasteiger partial charge in [0.25, 0.3) is 0 Å². The molecule has 2 N–H and O–H groups in total. The van der Waals surface area contributed by atoms with Crippen molar-refractivity contribution >= 4 is 0 Å². The van der Waals surface area contributed by atoms with Gasteiger partial charge < -0.3 is 15.2 Å². The molecular formula is C14H23NO2. The summed E-state index contributed by atoms with van der Waals surface area (Å²) in [5.74, 6) is 0.981. The Labute approximate surface area is 104 Å². The Morgan fingerprint density at radius 2 is 2.06 bits per heavy atom.